The largest absolute Gasteiger partial charge is 0.496 e. The fourth-order valence-electron chi connectivity index (χ4n) is 1.95. The van der Waals surface area contributed by atoms with E-state index in [4.69, 9.17) is 9.31 Å². The Hall–Kier alpha value is -1.27. The van der Waals surface area contributed by atoms with Gasteiger partial charge in [-0.25, -0.2) is 4.39 Å². The Morgan fingerprint density at radius 2 is 1.85 bits per heavy atom. The van der Waals surface area contributed by atoms with Crippen LogP contribution in [0.3, 0.4) is 0 Å². The van der Waals surface area contributed by atoms with Crippen molar-refractivity contribution < 1.29 is 18.5 Å². The van der Waals surface area contributed by atoms with E-state index in [1.807, 2.05) is 27.7 Å². The number of pyridine rings is 1. The van der Waals surface area contributed by atoms with Crippen LogP contribution in [0, 0.1) is 5.82 Å². The van der Waals surface area contributed by atoms with Gasteiger partial charge in [0.2, 0.25) is 0 Å². The van der Waals surface area contributed by atoms with Gasteiger partial charge in [-0.1, -0.05) is 0 Å². The maximum Gasteiger partial charge on any atom is 0.496 e. The van der Waals surface area contributed by atoms with Crippen LogP contribution in [0.2, 0.25) is 0 Å². The smallest absolute Gasteiger partial charge is 0.399 e. The van der Waals surface area contributed by atoms with Crippen molar-refractivity contribution in [3.8, 4) is 0 Å². The molecule has 4 nitrogen and oxygen atoms in total. The number of aromatic nitrogens is 1. The van der Waals surface area contributed by atoms with Crippen molar-refractivity contribution in [3.63, 3.8) is 0 Å². The van der Waals surface area contributed by atoms with Gasteiger partial charge < -0.3 is 9.31 Å². The molecule has 1 fully saturated rings. The first-order valence-corrected chi connectivity index (χ1v) is 6.62. The number of rotatable bonds is 3. The van der Waals surface area contributed by atoms with Crippen LogP contribution in [-0.2, 0) is 20.5 Å². The minimum Gasteiger partial charge on any atom is -0.399 e. The molecule has 0 amide bonds. The van der Waals surface area contributed by atoms with Crippen LogP contribution in [0.25, 0.3) is 0 Å². The van der Waals surface area contributed by atoms with Gasteiger partial charge in [0.25, 0.3) is 0 Å². The second kappa shape index (κ2) is 4.93. The summed E-state index contributed by atoms with van der Waals surface area (Å²) >= 11 is 0. The third-order valence-electron chi connectivity index (χ3n) is 3.88. The van der Waals surface area contributed by atoms with Gasteiger partial charge >= 0.3 is 7.12 Å². The number of carbonyl (C=O) groups excluding carboxylic acids is 1. The average Bonchev–Trinajstić information content (AvgIpc) is 2.50. The SMILES string of the molecule is CC(=O)Cc1ncc(B2OC(C)(C)C(C)(C)O2)cc1F. The average molecular weight is 279 g/mol. The number of carbonyl (C=O) groups is 1. The second-order valence-electron chi connectivity index (χ2n) is 6.16. The molecule has 1 aromatic rings. The number of halogens is 1. The summed E-state index contributed by atoms with van der Waals surface area (Å²) in [6, 6.07) is 1.33. The van der Waals surface area contributed by atoms with Crippen LogP contribution in [-0.4, -0.2) is 29.1 Å². The van der Waals surface area contributed by atoms with E-state index in [0.29, 0.717) is 5.46 Å². The zero-order chi connectivity index (χ0) is 15.1. The third-order valence-corrected chi connectivity index (χ3v) is 3.88. The van der Waals surface area contributed by atoms with Crippen molar-refractivity contribution in [1.29, 1.82) is 0 Å². The van der Waals surface area contributed by atoms with E-state index in [2.05, 4.69) is 4.98 Å². The van der Waals surface area contributed by atoms with Gasteiger partial charge in [-0.3, -0.25) is 9.78 Å². The predicted molar refractivity (Wildman–Crippen MR) is 74.3 cm³/mol. The summed E-state index contributed by atoms with van der Waals surface area (Å²) in [6.07, 6.45) is 1.50. The molecule has 0 unspecified atom stereocenters. The Labute approximate surface area is 118 Å². The maximum absolute atomic E-state index is 13.9. The molecule has 1 aromatic heterocycles. The van der Waals surface area contributed by atoms with Gasteiger partial charge in [-0.05, 0) is 40.7 Å². The number of ketones is 1. The summed E-state index contributed by atoms with van der Waals surface area (Å²) < 4.78 is 25.6. The van der Waals surface area contributed by atoms with Gasteiger partial charge in [-0.15, -0.1) is 0 Å². The molecule has 20 heavy (non-hydrogen) atoms. The number of hydrogen-bond donors (Lipinski definition) is 0. The van der Waals surface area contributed by atoms with Gasteiger partial charge in [0, 0.05) is 11.7 Å². The normalized spacial score (nSPS) is 20.2. The minimum atomic E-state index is -0.645. The first-order valence-electron chi connectivity index (χ1n) is 6.62. The van der Waals surface area contributed by atoms with Crippen molar-refractivity contribution in [2.45, 2.75) is 52.2 Å². The second-order valence-corrected chi connectivity index (χ2v) is 6.16. The van der Waals surface area contributed by atoms with Gasteiger partial charge in [-0.2, -0.15) is 0 Å². The summed E-state index contributed by atoms with van der Waals surface area (Å²) in [5.41, 5.74) is -0.287. The highest BCUT2D eigenvalue weighted by atomic mass is 19.1. The molecule has 0 atom stereocenters. The lowest BCUT2D eigenvalue weighted by molar-refractivity contribution is -0.116. The maximum atomic E-state index is 13.9. The summed E-state index contributed by atoms with van der Waals surface area (Å²) in [7, 11) is -0.645. The lowest BCUT2D eigenvalue weighted by Crippen LogP contribution is -2.41. The third kappa shape index (κ3) is 2.76. The molecule has 2 rings (SSSR count). The molecule has 0 spiro atoms. The van der Waals surface area contributed by atoms with Crippen LogP contribution >= 0.6 is 0 Å². The van der Waals surface area contributed by atoms with Crippen molar-refractivity contribution in [1.82, 2.24) is 4.98 Å². The fraction of sp³-hybridized carbons (Fsp3) is 0.571. The summed E-state index contributed by atoms with van der Waals surface area (Å²) in [6.45, 7) is 9.13. The van der Waals surface area contributed by atoms with E-state index < -0.39 is 24.1 Å². The fourth-order valence-corrected chi connectivity index (χ4v) is 1.95. The van der Waals surface area contributed by atoms with Crippen molar-refractivity contribution in [2.75, 3.05) is 0 Å². The van der Waals surface area contributed by atoms with Crippen molar-refractivity contribution >= 4 is 18.4 Å². The van der Waals surface area contributed by atoms with Crippen LogP contribution in [0.5, 0.6) is 0 Å². The number of hydrogen-bond acceptors (Lipinski definition) is 4. The zero-order valence-electron chi connectivity index (χ0n) is 12.5. The van der Waals surface area contributed by atoms with Crippen LogP contribution in [0.1, 0.15) is 40.3 Å². The molecule has 6 heteroatoms. The lowest BCUT2D eigenvalue weighted by Gasteiger charge is -2.32. The highest BCUT2D eigenvalue weighted by Crippen LogP contribution is 2.36. The van der Waals surface area contributed by atoms with E-state index in [1.54, 1.807) is 0 Å². The molecule has 0 radical (unpaired) electrons. The monoisotopic (exact) mass is 279 g/mol. The summed E-state index contributed by atoms with van der Waals surface area (Å²) in [5.74, 6) is -0.632. The molecular formula is C14H19BFNO3. The lowest BCUT2D eigenvalue weighted by atomic mass is 9.80. The predicted octanol–water partition coefficient (Wildman–Crippen LogP) is 1.65. The Balaban J connectivity index is 2.24. The molecule has 2 heterocycles. The molecule has 108 valence electrons. The summed E-state index contributed by atoms with van der Waals surface area (Å²) in [5, 5.41) is 0. The molecule has 1 aliphatic rings. The molecule has 1 saturated heterocycles. The Morgan fingerprint density at radius 1 is 1.30 bits per heavy atom. The highest BCUT2D eigenvalue weighted by Gasteiger charge is 2.51. The molecule has 0 N–H and O–H groups in total. The highest BCUT2D eigenvalue weighted by molar-refractivity contribution is 6.62. The topological polar surface area (TPSA) is 48.4 Å². The van der Waals surface area contributed by atoms with E-state index in [9.17, 15) is 9.18 Å². The summed E-state index contributed by atoms with van der Waals surface area (Å²) in [4.78, 5) is 15.0. The first-order chi connectivity index (χ1) is 9.12. The van der Waals surface area contributed by atoms with Crippen LogP contribution < -0.4 is 5.46 Å². The standard InChI is InChI=1S/C14H19BFNO3/c1-9(18)6-12-11(16)7-10(8-17-12)15-19-13(2,3)14(4,5)20-15/h7-8H,6H2,1-5H3. The Bertz CT molecular complexity index is 529. The molecule has 0 saturated carbocycles. The molecule has 0 bridgehead atoms. The van der Waals surface area contributed by atoms with Crippen molar-refractivity contribution in [3.05, 3.63) is 23.8 Å². The minimum absolute atomic E-state index is 0.00448. The van der Waals surface area contributed by atoms with Crippen LogP contribution in [0.15, 0.2) is 12.3 Å². The van der Waals surface area contributed by atoms with Gasteiger partial charge in [0.15, 0.2) is 0 Å². The Kier molecular flexibility index (Phi) is 3.73. The van der Waals surface area contributed by atoms with Gasteiger partial charge in [0.1, 0.15) is 11.6 Å². The molecular weight excluding hydrogens is 260 g/mol. The Morgan fingerprint density at radius 3 is 2.30 bits per heavy atom. The van der Waals surface area contributed by atoms with E-state index >= 15 is 0 Å². The first kappa shape index (κ1) is 15.1. The number of Topliss-reactive ketones (excluding diaryl/α,β-unsaturated/α-hetero) is 1. The zero-order valence-corrected chi connectivity index (χ0v) is 12.5. The van der Waals surface area contributed by atoms with Crippen molar-refractivity contribution in [2.24, 2.45) is 0 Å². The van der Waals surface area contributed by atoms with E-state index in [0.717, 1.165) is 0 Å². The van der Waals surface area contributed by atoms with Crippen LogP contribution in [0.4, 0.5) is 4.39 Å². The van der Waals surface area contributed by atoms with E-state index in [1.165, 1.54) is 19.2 Å². The van der Waals surface area contributed by atoms with Gasteiger partial charge in [0.05, 0.1) is 23.3 Å². The van der Waals surface area contributed by atoms with E-state index in [-0.39, 0.29) is 17.9 Å². The molecule has 1 aliphatic heterocycles. The quantitative estimate of drug-likeness (QED) is 0.789. The number of nitrogens with zero attached hydrogens (tertiary/aromatic N) is 1. The molecule has 0 aromatic carbocycles. The molecule has 0 aliphatic carbocycles.